The lowest BCUT2D eigenvalue weighted by Crippen LogP contribution is -2.37. The second-order valence-electron chi connectivity index (χ2n) is 27.0. The van der Waals surface area contributed by atoms with Crippen LogP contribution in [-0.4, -0.2) is 32.3 Å². The molecule has 418 valence electrons. The molecule has 2 nitrogen and oxygen atoms in total. The maximum absolute atomic E-state index is 18.4. The Balaban J connectivity index is 1.12. The molecular formula is C76H74F2N2Si4. The monoisotopic (exact) mass is 1160 g/mol. The zero-order valence-electron chi connectivity index (χ0n) is 50.6. The average Bonchev–Trinajstić information content (AvgIpc) is 2.24. The maximum Gasteiger partial charge on any atom is 0.148 e. The molecule has 0 amide bonds. The number of halogens is 2. The summed E-state index contributed by atoms with van der Waals surface area (Å²) in [6.07, 6.45) is 0. The van der Waals surface area contributed by atoms with Gasteiger partial charge in [-0.05, 0) is 116 Å². The molecule has 12 rings (SSSR count). The molecule has 0 N–H and O–H groups in total. The van der Waals surface area contributed by atoms with Gasteiger partial charge in [0.2, 0.25) is 0 Å². The van der Waals surface area contributed by atoms with E-state index in [1.807, 2.05) is 36.4 Å². The molecule has 0 aromatic heterocycles. The molecule has 0 heterocycles. The number of nitrogens with zero attached hydrogens (tertiary/aromatic N) is 2. The lowest BCUT2D eigenvalue weighted by molar-refractivity contribution is 0.629. The fourth-order valence-electron chi connectivity index (χ4n) is 12.2. The number of anilines is 6. The number of hydrogen-bond donors (Lipinski definition) is 0. The molecule has 0 aliphatic rings. The highest BCUT2D eigenvalue weighted by molar-refractivity contribution is 6.90. The molecule has 0 aliphatic carbocycles. The highest BCUT2D eigenvalue weighted by atomic mass is 28.3. The largest absolute Gasteiger partial charge is 0.307 e. The van der Waals surface area contributed by atoms with E-state index in [0.29, 0.717) is 11.4 Å². The Bertz CT molecular complexity index is 4170. The van der Waals surface area contributed by atoms with Crippen molar-refractivity contribution in [2.75, 3.05) is 9.80 Å². The van der Waals surface area contributed by atoms with Crippen LogP contribution >= 0.6 is 0 Å². The summed E-state index contributed by atoms with van der Waals surface area (Å²) in [6, 6.07) is 81.1. The third-order valence-electron chi connectivity index (χ3n) is 16.9. The number of para-hydroxylation sites is 2. The summed E-state index contributed by atoms with van der Waals surface area (Å²) in [4.78, 5) is 4.29. The van der Waals surface area contributed by atoms with Gasteiger partial charge < -0.3 is 9.80 Å². The van der Waals surface area contributed by atoms with Crippen molar-refractivity contribution in [3.8, 4) is 44.5 Å². The van der Waals surface area contributed by atoms with E-state index in [4.69, 9.17) is 0 Å². The van der Waals surface area contributed by atoms with Gasteiger partial charge in [-0.15, -0.1) is 0 Å². The van der Waals surface area contributed by atoms with Crippen molar-refractivity contribution in [2.45, 2.75) is 78.6 Å². The first kappa shape index (κ1) is 56.5. The Morgan fingerprint density at radius 3 is 0.917 bits per heavy atom. The fraction of sp³-hybridized carbons (Fsp3) is 0.158. The molecular weight excluding hydrogens is 1090 g/mol. The zero-order valence-corrected chi connectivity index (χ0v) is 54.6. The van der Waals surface area contributed by atoms with Gasteiger partial charge in [-0.3, -0.25) is 0 Å². The Morgan fingerprint density at radius 2 is 0.583 bits per heavy atom. The van der Waals surface area contributed by atoms with Crippen molar-refractivity contribution in [1.82, 2.24) is 0 Å². The molecule has 0 spiro atoms. The van der Waals surface area contributed by atoms with Crippen molar-refractivity contribution in [3.63, 3.8) is 0 Å². The van der Waals surface area contributed by atoms with Gasteiger partial charge in [0.05, 0.1) is 55.0 Å². The van der Waals surface area contributed by atoms with Gasteiger partial charge in [-0.2, -0.15) is 0 Å². The smallest absolute Gasteiger partial charge is 0.148 e. The molecule has 0 unspecified atom stereocenters. The van der Waals surface area contributed by atoms with Gasteiger partial charge in [0.1, 0.15) is 11.6 Å². The maximum atomic E-state index is 18.4. The van der Waals surface area contributed by atoms with Crippen LogP contribution in [0.5, 0.6) is 0 Å². The summed E-state index contributed by atoms with van der Waals surface area (Å²) >= 11 is 0. The summed E-state index contributed by atoms with van der Waals surface area (Å²) in [5, 5.41) is 11.5. The predicted octanol–water partition coefficient (Wildman–Crippen LogP) is 20.7. The van der Waals surface area contributed by atoms with Crippen LogP contribution in [0, 0.1) is 11.6 Å². The first-order chi connectivity index (χ1) is 40.0. The van der Waals surface area contributed by atoms with Crippen LogP contribution in [0.1, 0.15) is 0 Å². The summed E-state index contributed by atoms with van der Waals surface area (Å²) in [6.45, 7) is 28.3. The summed E-state index contributed by atoms with van der Waals surface area (Å²) < 4.78 is 36.9. The summed E-state index contributed by atoms with van der Waals surface area (Å²) in [5.74, 6) is -0.615. The quantitative estimate of drug-likeness (QED) is 0.0791. The van der Waals surface area contributed by atoms with E-state index < -0.39 is 32.3 Å². The average molecular weight is 1170 g/mol. The van der Waals surface area contributed by atoms with E-state index in [-0.39, 0.29) is 11.6 Å². The van der Waals surface area contributed by atoms with E-state index in [2.05, 4.69) is 270 Å². The normalized spacial score (nSPS) is 12.4. The first-order valence-electron chi connectivity index (χ1n) is 29.5. The van der Waals surface area contributed by atoms with Gasteiger partial charge >= 0.3 is 0 Å². The van der Waals surface area contributed by atoms with E-state index in [1.54, 1.807) is 12.1 Å². The Morgan fingerprint density at radius 1 is 0.274 bits per heavy atom. The van der Waals surface area contributed by atoms with Gasteiger partial charge in [-0.1, -0.05) is 269 Å². The molecule has 0 fully saturated rings. The van der Waals surface area contributed by atoms with Crippen LogP contribution in [0.15, 0.2) is 231 Å². The number of benzene rings is 12. The Hall–Kier alpha value is -7.99. The van der Waals surface area contributed by atoms with E-state index >= 15 is 8.78 Å². The van der Waals surface area contributed by atoms with Crippen molar-refractivity contribution in [2.24, 2.45) is 0 Å². The second-order valence-corrected chi connectivity index (χ2v) is 47.3. The predicted molar refractivity (Wildman–Crippen MR) is 373 cm³/mol. The molecule has 0 aliphatic heterocycles. The molecule has 0 bridgehead atoms. The van der Waals surface area contributed by atoms with Crippen LogP contribution in [0.4, 0.5) is 42.9 Å². The standard InChI is InChI=1S/C76H74F2N2Si4/c1-81(2,3)61-31-19-23-53(43-61)57-47-67(55-25-21-33-63(45-55)83(7,8)9)75(69(77)49-57)79(59-27-15-13-16-28-59)71-41-37-51-36-40-66-72(42-38-52-35-39-65(71)73(51)74(52)66)80(60-29-17-14-18-30-60)76-68(56-26-22-34-64(46-56)84(10,11)12)48-58(50-70(76)78)54-24-20-32-62(44-54)82(4,5)6/h13-50H,1-12H3. The highest BCUT2D eigenvalue weighted by Crippen LogP contribution is 2.52. The van der Waals surface area contributed by atoms with Crippen molar-refractivity contribution in [3.05, 3.63) is 242 Å². The minimum Gasteiger partial charge on any atom is -0.307 e. The lowest BCUT2D eigenvalue weighted by Gasteiger charge is -2.32. The molecule has 0 radical (unpaired) electrons. The van der Waals surface area contributed by atoms with Crippen LogP contribution < -0.4 is 30.5 Å². The van der Waals surface area contributed by atoms with Crippen molar-refractivity contribution < 1.29 is 8.78 Å². The topological polar surface area (TPSA) is 6.48 Å². The van der Waals surface area contributed by atoms with Crippen molar-refractivity contribution in [1.29, 1.82) is 0 Å². The minimum absolute atomic E-state index is 0.308. The Kier molecular flexibility index (Phi) is 14.5. The van der Waals surface area contributed by atoms with Crippen LogP contribution in [0.2, 0.25) is 78.6 Å². The highest BCUT2D eigenvalue weighted by Gasteiger charge is 2.30. The third-order valence-corrected chi connectivity index (χ3v) is 25.1. The van der Waals surface area contributed by atoms with Crippen molar-refractivity contribution >= 4 is 119 Å². The van der Waals surface area contributed by atoms with Crippen LogP contribution in [0.3, 0.4) is 0 Å². The number of hydrogen-bond acceptors (Lipinski definition) is 2. The molecule has 0 saturated carbocycles. The van der Waals surface area contributed by atoms with E-state index in [1.165, 1.54) is 20.7 Å². The lowest BCUT2D eigenvalue weighted by atomic mass is 9.90. The van der Waals surface area contributed by atoms with Gasteiger partial charge in [0.15, 0.2) is 0 Å². The van der Waals surface area contributed by atoms with E-state index in [9.17, 15) is 0 Å². The molecule has 12 aromatic rings. The zero-order chi connectivity index (χ0) is 59.0. The summed E-state index contributed by atoms with van der Waals surface area (Å²) in [5.41, 5.74) is 11.7. The van der Waals surface area contributed by atoms with Gasteiger partial charge in [0, 0.05) is 33.3 Å². The molecule has 0 atom stereocenters. The summed E-state index contributed by atoms with van der Waals surface area (Å²) in [7, 11) is -7.00. The SMILES string of the molecule is C[Si](C)(C)c1cccc(-c2cc(F)c(N(c3ccccc3)c3ccc4ccc5c(N(c6ccccc6)c6c(F)cc(-c7cccc([Si](C)(C)C)c7)cc6-c6cccc([Si](C)(C)C)c6)ccc6ccc3c4c65)c(-c3cccc([Si](C)(C)C)c3)c2)c1. The molecule has 12 aromatic carbocycles. The van der Waals surface area contributed by atoms with Gasteiger partial charge in [-0.25, -0.2) is 8.78 Å². The third kappa shape index (κ3) is 10.7. The molecule has 0 saturated heterocycles. The van der Waals surface area contributed by atoms with Crippen LogP contribution in [0.25, 0.3) is 76.8 Å². The second kappa shape index (κ2) is 21.6. The minimum atomic E-state index is -1.80. The van der Waals surface area contributed by atoms with E-state index in [0.717, 1.165) is 99.6 Å². The fourth-order valence-corrected chi connectivity index (χ4v) is 16.9. The van der Waals surface area contributed by atoms with Gasteiger partial charge in [0.25, 0.3) is 0 Å². The van der Waals surface area contributed by atoms with Crippen LogP contribution in [-0.2, 0) is 0 Å². The number of rotatable bonds is 14. The molecule has 8 heteroatoms. The Labute approximate surface area is 500 Å². The first-order valence-corrected chi connectivity index (χ1v) is 43.5. The molecule has 84 heavy (non-hydrogen) atoms.